The van der Waals surface area contributed by atoms with Crippen molar-refractivity contribution in [3.8, 4) is 5.75 Å². The predicted octanol–water partition coefficient (Wildman–Crippen LogP) is 1.56. The molecule has 0 unspecified atom stereocenters. The highest BCUT2D eigenvalue weighted by Crippen LogP contribution is 2.31. The van der Waals surface area contributed by atoms with E-state index in [1.54, 1.807) is 31.4 Å². The van der Waals surface area contributed by atoms with Crippen LogP contribution in [0.1, 0.15) is 32.1 Å². The van der Waals surface area contributed by atoms with Crippen LogP contribution in [0.4, 0.5) is 5.69 Å². The van der Waals surface area contributed by atoms with E-state index in [-0.39, 0.29) is 30.9 Å². The van der Waals surface area contributed by atoms with Gasteiger partial charge in [-0.2, -0.15) is 0 Å². The summed E-state index contributed by atoms with van der Waals surface area (Å²) in [5.74, 6) is 0.275. The molecule has 0 spiro atoms. The molecular weight excluding hydrogens is 308 g/mol. The molecule has 0 bridgehead atoms. The minimum absolute atomic E-state index is 0.107. The van der Waals surface area contributed by atoms with Crippen LogP contribution in [0.25, 0.3) is 0 Å². The number of amides is 2. The standard InChI is InChI=1S/C18H24N2O4/c1-24-15-7-4-6-14(11-15)20-17(22)12-16(18(20)23)19-9-3-2-5-13(19)8-10-21/h4,6-7,11,13,16,21H,2-3,5,8-10,12H2,1H3/t13-,16-/m0/s1. The highest BCUT2D eigenvalue weighted by atomic mass is 16.5. The van der Waals surface area contributed by atoms with Gasteiger partial charge in [0.15, 0.2) is 0 Å². The Morgan fingerprint density at radius 2 is 2.12 bits per heavy atom. The van der Waals surface area contributed by atoms with Gasteiger partial charge in [0.1, 0.15) is 5.75 Å². The van der Waals surface area contributed by atoms with Crippen LogP contribution in [-0.4, -0.2) is 54.2 Å². The number of piperidine rings is 1. The van der Waals surface area contributed by atoms with Gasteiger partial charge in [0, 0.05) is 18.7 Å². The Morgan fingerprint density at radius 3 is 2.88 bits per heavy atom. The summed E-state index contributed by atoms with van der Waals surface area (Å²) in [6.45, 7) is 0.913. The molecule has 0 aliphatic carbocycles. The SMILES string of the molecule is COc1cccc(N2C(=O)C[C@H](N3CCCC[C@H]3CCO)C2=O)c1. The van der Waals surface area contributed by atoms with Gasteiger partial charge in [-0.1, -0.05) is 12.5 Å². The van der Waals surface area contributed by atoms with Crippen LogP contribution in [0.15, 0.2) is 24.3 Å². The average Bonchev–Trinajstić information content (AvgIpc) is 2.90. The molecular formula is C18H24N2O4. The van der Waals surface area contributed by atoms with Crippen LogP contribution in [-0.2, 0) is 9.59 Å². The van der Waals surface area contributed by atoms with Crippen molar-refractivity contribution in [1.29, 1.82) is 0 Å². The zero-order chi connectivity index (χ0) is 17.1. The third kappa shape index (κ3) is 3.16. The fourth-order valence-electron chi connectivity index (χ4n) is 3.79. The zero-order valence-corrected chi connectivity index (χ0v) is 14.0. The number of hydrogen-bond acceptors (Lipinski definition) is 5. The highest BCUT2D eigenvalue weighted by Gasteiger charge is 2.44. The van der Waals surface area contributed by atoms with Gasteiger partial charge in [-0.3, -0.25) is 14.5 Å². The number of hydrogen-bond donors (Lipinski definition) is 1. The zero-order valence-electron chi connectivity index (χ0n) is 14.0. The summed E-state index contributed by atoms with van der Waals surface area (Å²) in [6.07, 6.45) is 3.96. The largest absolute Gasteiger partial charge is 0.497 e. The monoisotopic (exact) mass is 332 g/mol. The fraction of sp³-hybridized carbons (Fsp3) is 0.556. The molecule has 6 heteroatoms. The second-order valence-corrected chi connectivity index (χ2v) is 6.39. The number of carbonyl (C=O) groups excluding carboxylic acids is 2. The molecule has 6 nitrogen and oxygen atoms in total. The molecule has 0 aromatic heterocycles. The number of carbonyl (C=O) groups is 2. The molecule has 1 aromatic carbocycles. The normalized spacial score (nSPS) is 25.3. The van der Waals surface area contributed by atoms with Gasteiger partial charge in [-0.25, -0.2) is 4.90 Å². The number of likely N-dealkylation sites (tertiary alicyclic amines) is 1. The van der Waals surface area contributed by atoms with E-state index in [1.807, 2.05) is 0 Å². The number of ether oxygens (including phenoxy) is 1. The number of imide groups is 1. The quantitative estimate of drug-likeness (QED) is 0.829. The third-order valence-electron chi connectivity index (χ3n) is 4.97. The topological polar surface area (TPSA) is 70.1 Å². The summed E-state index contributed by atoms with van der Waals surface area (Å²) in [7, 11) is 1.56. The molecule has 0 saturated carbocycles. The van der Waals surface area contributed by atoms with Crippen molar-refractivity contribution >= 4 is 17.5 Å². The van der Waals surface area contributed by atoms with Crippen LogP contribution >= 0.6 is 0 Å². The first kappa shape index (κ1) is 16.9. The molecule has 2 aliphatic rings. The Kier molecular flexibility index (Phi) is 5.16. The lowest BCUT2D eigenvalue weighted by Crippen LogP contribution is -2.50. The van der Waals surface area contributed by atoms with Crippen molar-refractivity contribution in [3.63, 3.8) is 0 Å². The number of methoxy groups -OCH3 is 1. The van der Waals surface area contributed by atoms with E-state index >= 15 is 0 Å². The van der Waals surface area contributed by atoms with Gasteiger partial charge >= 0.3 is 0 Å². The van der Waals surface area contributed by atoms with Crippen molar-refractivity contribution in [2.75, 3.05) is 25.2 Å². The van der Waals surface area contributed by atoms with Crippen molar-refractivity contribution in [3.05, 3.63) is 24.3 Å². The Labute approximate surface area is 142 Å². The minimum atomic E-state index is -0.416. The molecule has 1 aromatic rings. The molecule has 2 atom stereocenters. The second-order valence-electron chi connectivity index (χ2n) is 6.39. The van der Waals surface area contributed by atoms with E-state index in [0.717, 1.165) is 25.8 Å². The maximum Gasteiger partial charge on any atom is 0.251 e. The summed E-state index contributed by atoms with van der Waals surface area (Å²) in [6, 6.07) is 6.78. The Balaban J connectivity index is 1.82. The van der Waals surface area contributed by atoms with E-state index in [4.69, 9.17) is 4.74 Å². The van der Waals surface area contributed by atoms with E-state index in [0.29, 0.717) is 17.9 Å². The molecule has 2 aliphatic heterocycles. The molecule has 1 N–H and O–H groups in total. The van der Waals surface area contributed by atoms with Crippen LogP contribution < -0.4 is 9.64 Å². The van der Waals surface area contributed by atoms with E-state index < -0.39 is 6.04 Å². The van der Waals surface area contributed by atoms with Crippen molar-refractivity contribution < 1.29 is 19.4 Å². The molecule has 2 amide bonds. The van der Waals surface area contributed by atoms with Gasteiger partial charge < -0.3 is 9.84 Å². The van der Waals surface area contributed by atoms with Gasteiger partial charge in [-0.05, 0) is 37.9 Å². The van der Waals surface area contributed by atoms with Crippen LogP contribution in [0.3, 0.4) is 0 Å². The molecule has 3 rings (SSSR count). The number of rotatable bonds is 5. The van der Waals surface area contributed by atoms with Crippen molar-refractivity contribution in [1.82, 2.24) is 4.90 Å². The first-order chi connectivity index (χ1) is 11.7. The maximum atomic E-state index is 12.9. The Hall–Kier alpha value is -1.92. The number of benzene rings is 1. The van der Waals surface area contributed by atoms with Crippen LogP contribution in [0.2, 0.25) is 0 Å². The summed E-state index contributed by atoms with van der Waals surface area (Å²) >= 11 is 0. The summed E-state index contributed by atoms with van der Waals surface area (Å²) in [4.78, 5) is 28.8. The summed E-state index contributed by atoms with van der Waals surface area (Å²) in [5, 5.41) is 9.28. The Morgan fingerprint density at radius 1 is 1.29 bits per heavy atom. The van der Waals surface area contributed by atoms with E-state index in [9.17, 15) is 14.7 Å². The number of anilines is 1. The van der Waals surface area contributed by atoms with E-state index in [2.05, 4.69) is 4.90 Å². The van der Waals surface area contributed by atoms with Crippen LogP contribution in [0.5, 0.6) is 5.75 Å². The summed E-state index contributed by atoms with van der Waals surface area (Å²) < 4.78 is 5.19. The van der Waals surface area contributed by atoms with Crippen molar-refractivity contribution in [2.45, 2.75) is 44.2 Å². The lowest BCUT2D eigenvalue weighted by molar-refractivity contribution is -0.123. The van der Waals surface area contributed by atoms with Gasteiger partial charge in [0.2, 0.25) is 5.91 Å². The molecule has 2 fully saturated rings. The molecule has 130 valence electrons. The molecule has 2 saturated heterocycles. The predicted molar refractivity (Wildman–Crippen MR) is 89.9 cm³/mol. The Bertz CT molecular complexity index is 617. The first-order valence-corrected chi connectivity index (χ1v) is 8.53. The van der Waals surface area contributed by atoms with Crippen molar-refractivity contribution in [2.24, 2.45) is 0 Å². The minimum Gasteiger partial charge on any atom is -0.497 e. The number of aliphatic hydroxyl groups is 1. The second kappa shape index (κ2) is 7.32. The smallest absolute Gasteiger partial charge is 0.251 e. The fourth-order valence-corrected chi connectivity index (χ4v) is 3.79. The van der Waals surface area contributed by atoms with E-state index in [1.165, 1.54) is 4.90 Å². The highest BCUT2D eigenvalue weighted by molar-refractivity contribution is 6.22. The lowest BCUT2D eigenvalue weighted by Gasteiger charge is -2.38. The molecule has 24 heavy (non-hydrogen) atoms. The number of aliphatic hydroxyl groups excluding tert-OH is 1. The first-order valence-electron chi connectivity index (χ1n) is 8.53. The lowest BCUT2D eigenvalue weighted by atomic mass is 9.97. The third-order valence-corrected chi connectivity index (χ3v) is 4.97. The van der Waals surface area contributed by atoms with Crippen LogP contribution in [0, 0.1) is 0 Å². The molecule has 0 radical (unpaired) electrons. The average molecular weight is 332 g/mol. The van der Waals surface area contributed by atoms with Gasteiger partial charge in [0.05, 0.1) is 25.3 Å². The maximum absolute atomic E-state index is 12.9. The van der Waals surface area contributed by atoms with Gasteiger partial charge in [-0.15, -0.1) is 0 Å². The molecule has 2 heterocycles. The van der Waals surface area contributed by atoms with Gasteiger partial charge in [0.25, 0.3) is 5.91 Å². The summed E-state index contributed by atoms with van der Waals surface area (Å²) in [5.41, 5.74) is 0.558. The number of nitrogens with zero attached hydrogens (tertiary/aromatic N) is 2.